The lowest BCUT2D eigenvalue weighted by Crippen LogP contribution is -2.44. The van der Waals surface area contributed by atoms with E-state index in [9.17, 15) is 22.8 Å². The molecule has 2 amide bonds. The monoisotopic (exact) mass is 399 g/mol. The number of aromatic nitrogens is 1. The molecule has 1 heterocycles. The first-order chi connectivity index (χ1) is 12.5. The molecule has 1 aromatic heterocycles. The van der Waals surface area contributed by atoms with E-state index in [1.54, 1.807) is 24.5 Å². The summed E-state index contributed by atoms with van der Waals surface area (Å²) in [4.78, 5) is 28.7. The minimum Gasteiger partial charge on any atom is -0.351 e. The van der Waals surface area contributed by atoms with Gasteiger partial charge in [-0.2, -0.15) is 13.2 Å². The van der Waals surface area contributed by atoms with Gasteiger partial charge in [-0.05, 0) is 49.7 Å². The van der Waals surface area contributed by atoms with Crippen LogP contribution in [0.25, 0.3) is 0 Å². The van der Waals surface area contributed by atoms with Crippen LogP contribution in [0, 0.1) is 5.41 Å². The molecular weight excluding hydrogens is 383 g/mol. The summed E-state index contributed by atoms with van der Waals surface area (Å²) in [6.45, 7) is 2.92. The van der Waals surface area contributed by atoms with Crippen molar-refractivity contribution in [2.75, 3.05) is 5.32 Å². The highest BCUT2D eigenvalue weighted by atomic mass is 35.5. The Morgan fingerprint density at radius 3 is 2.30 bits per heavy atom. The Morgan fingerprint density at radius 2 is 1.70 bits per heavy atom. The molecule has 0 saturated heterocycles. The largest absolute Gasteiger partial charge is 0.416 e. The van der Waals surface area contributed by atoms with Gasteiger partial charge in [0.25, 0.3) is 0 Å². The molecule has 144 valence electrons. The molecule has 0 atom stereocenters. The number of nitrogens with one attached hydrogen (secondary N) is 2. The molecule has 1 aromatic carbocycles. The Bertz CT molecular complexity index is 839. The summed E-state index contributed by atoms with van der Waals surface area (Å²) in [6, 6.07) is 5.98. The van der Waals surface area contributed by atoms with Gasteiger partial charge < -0.3 is 10.6 Å². The molecule has 2 N–H and O–H groups in total. The number of nitrogens with zero attached hydrogens (tertiary/aromatic N) is 1. The minimum atomic E-state index is -4.58. The fourth-order valence-corrected chi connectivity index (χ4v) is 2.25. The zero-order chi connectivity index (χ0) is 20.2. The minimum absolute atomic E-state index is 0.0654. The van der Waals surface area contributed by atoms with Crippen molar-refractivity contribution in [3.8, 4) is 0 Å². The van der Waals surface area contributed by atoms with Crippen molar-refractivity contribution in [2.45, 2.75) is 26.6 Å². The molecule has 0 unspecified atom stereocenters. The van der Waals surface area contributed by atoms with Crippen molar-refractivity contribution in [3.05, 3.63) is 58.9 Å². The molecule has 5 nitrogen and oxygen atoms in total. The van der Waals surface area contributed by atoms with E-state index >= 15 is 0 Å². The van der Waals surface area contributed by atoms with Crippen LogP contribution in [0.3, 0.4) is 0 Å². The number of alkyl halides is 3. The maximum atomic E-state index is 12.8. The second-order valence-electron chi connectivity index (χ2n) is 6.31. The number of rotatable bonds is 5. The number of anilines is 1. The number of halogens is 4. The second kappa shape index (κ2) is 7.96. The number of carbonyl (C=O) groups excluding carboxylic acids is 2. The summed E-state index contributed by atoms with van der Waals surface area (Å²) in [5, 5.41) is 4.85. The summed E-state index contributed by atoms with van der Waals surface area (Å²) >= 11 is 5.87. The topological polar surface area (TPSA) is 71.1 Å². The quantitative estimate of drug-likeness (QED) is 0.745. The lowest BCUT2D eigenvalue weighted by Gasteiger charge is -2.23. The van der Waals surface area contributed by atoms with Crippen molar-refractivity contribution >= 4 is 29.1 Å². The standard InChI is InChI=1S/C18H17ClF3N3O2/c1-17(2,15(26)24-10-11-5-7-23-8-6-11)16(27)25-14-9-12(18(20,21)22)3-4-13(14)19/h3-9H,10H2,1-2H3,(H,24,26)(H,25,27). The fourth-order valence-electron chi connectivity index (χ4n) is 2.08. The average Bonchev–Trinajstić information content (AvgIpc) is 2.61. The van der Waals surface area contributed by atoms with Crippen LogP contribution in [0.15, 0.2) is 42.7 Å². The molecule has 0 aliphatic carbocycles. The van der Waals surface area contributed by atoms with Crippen LogP contribution < -0.4 is 10.6 Å². The van der Waals surface area contributed by atoms with Crippen molar-refractivity contribution < 1.29 is 22.8 Å². The van der Waals surface area contributed by atoms with E-state index in [2.05, 4.69) is 15.6 Å². The molecule has 0 radical (unpaired) electrons. The second-order valence-corrected chi connectivity index (χ2v) is 6.72. The average molecular weight is 400 g/mol. The predicted octanol–water partition coefficient (Wildman–Crippen LogP) is 4.03. The van der Waals surface area contributed by atoms with Crippen molar-refractivity contribution in [1.82, 2.24) is 10.3 Å². The first kappa shape index (κ1) is 20.7. The van der Waals surface area contributed by atoms with E-state index in [0.717, 1.165) is 23.8 Å². The molecule has 0 fully saturated rings. The summed E-state index contributed by atoms with van der Waals surface area (Å²) in [5.74, 6) is -1.36. The highest BCUT2D eigenvalue weighted by Gasteiger charge is 2.37. The zero-order valence-corrected chi connectivity index (χ0v) is 15.3. The van der Waals surface area contributed by atoms with Crippen molar-refractivity contribution in [1.29, 1.82) is 0 Å². The van der Waals surface area contributed by atoms with Gasteiger partial charge in [-0.15, -0.1) is 0 Å². The number of benzene rings is 1. The number of hydrogen-bond donors (Lipinski definition) is 2. The highest BCUT2D eigenvalue weighted by molar-refractivity contribution is 6.34. The molecule has 2 aromatic rings. The van der Waals surface area contributed by atoms with Crippen LogP contribution in [-0.4, -0.2) is 16.8 Å². The Morgan fingerprint density at radius 1 is 1.07 bits per heavy atom. The van der Waals surface area contributed by atoms with Gasteiger partial charge in [-0.3, -0.25) is 14.6 Å². The van der Waals surface area contributed by atoms with Crippen molar-refractivity contribution in [2.24, 2.45) is 5.41 Å². The summed E-state index contributed by atoms with van der Waals surface area (Å²) in [5.41, 5.74) is -1.92. The lowest BCUT2D eigenvalue weighted by molar-refractivity contribution is -0.139. The Hall–Kier alpha value is -2.61. The molecule has 9 heteroatoms. The molecule has 0 aliphatic heterocycles. The van der Waals surface area contributed by atoms with E-state index < -0.39 is 29.0 Å². The van der Waals surface area contributed by atoms with E-state index in [1.807, 2.05) is 0 Å². The normalized spacial score (nSPS) is 11.8. The summed E-state index contributed by atoms with van der Waals surface area (Å²) in [7, 11) is 0. The third-order valence-corrected chi connectivity index (χ3v) is 4.21. The van der Waals surface area contributed by atoms with E-state index in [4.69, 9.17) is 11.6 Å². The van der Waals surface area contributed by atoms with Gasteiger partial charge in [0.1, 0.15) is 5.41 Å². The maximum Gasteiger partial charge on any atom is 0.416 e. The van der Waals surface area contributed by atoms with Crippen LogP contribution in [0.5, 0.6) is 0 Å². The number of carbonyl (C=O) groups is 2. The number of pyridine rings is 1. The zero-order valence-electron chi connectivity index (χ0n) is 14.5. The Labute approximate surface area is 158 Å². The molecule has 0 aliphatic rings. The van der Waals surface area contributed by atoms with Gasteiger partial charge in [0.2, 0.25) is 11.8 Å². The first-order valence-electron chi connectivity index (χ1n) is 7.87. The Kier molecular flexibility index (Phi) is 6.10. The van der Waals surface area contributed by atoms with Crippen LogP contribution >= 0.6 is 11.6 Å². The third-order valence-electron chi connectivity index (χ3n) is 3.88. The lowest BCUT2D eigenvalue weighted by atomic mass is 9.90. The first-order valence-corrected chi connectivity index (χ1v) is 8.25. The maximum absolute atomic E-state index is 12.8. The predicted molar refractivity (Wildman–Crippen MR) is 94.9 cm³/mol. The van der Waals surface area contributed by atoms with Crippen LogP contribution in [-0.2, 0) is 22.3 Å². The van der Waals surface area contributed by atoms with Gasteiger partial charge in [-0.25, -0.2) is 0 Å². The van der Waals surface area contributed by atoms with Crippen molar-refractivity contribution in [3.63, 3.8) is 0 Å². The molecule has 27 heavy (non-hydrogen) atoms. The third kappa shape index (κ3) is 5.19. The van der Waals surface area contributed by atoms with E-state index in [1.165, 1.54) is 13.8 Å². The molecule has 2 rings (SSSR count). The highest BCUT2D eigenvalue weighted by Crippen LogP contribution is 2.34. The smallest absolute Gasteiger partial charge is 0.351 e. The van der Waals surface area contributed by atoms with Crippen LogP contribution in [0.2, 0.25) is 5.02 Å². The van der Waals surface area contributed by atoms with Crippen LogP contribution in [0.4, 0.5) is 18.9 Å². The van der Waals surface area contributed by atoms with Gasteiger partial charge in [0.15, 0.2) is 0 Å². The SMILES string of the molecule is CC(C)(C(=O)NCc1ccncc1)C(=O)Nc1cc(C(F)(F)F)ccc1Cl. The molecule has 0 bridgehead atoms. The summed E-state index contributed by atoms with van der Waals surface area (Å²) < 4.78 is 38.5. The Balaban J connectivity index is 2.10. The molecule has 0 spiro atoms. The fraction of sp³-hybridized carbons (Fsp3) is 0.278. The molecular formula is C18H17ClF3N3O2. The number of hydrogen-bond acceptors (Lipinski definition) is 3. The van der Waals surface area contributed by atoms with Gasteiger partial charge in [0.05, 0.1) is 16.3 Å². The van der Waals surface area contributed by atoms with Gasteiger partial charge >= 0.3 is 6.18 Å². The van der Waals surface area contributed by atoms with Gasteiger partial charge in [-0.1, -0.05) is 11.6 Å². The van der Waals surface area contributed by atoms with Crippen LogP contribution in [0.1, 0.15) is 25.0 Å². The number of amides is 2. The van der Waals surface area contributed by atoms with E-state index in [0.29, 0.717) is 0 Å². The van der Waals surface area contributed by atoms with Gasteiger partial charge in [0, 0.05) is 18.9 Å². The summed E-state index contributed by atoms with van der Waals surface area (Å²) in [6.07, 6.45) is -1.45. The molecule has 0 saturated carbocycles. The van der Waals surface area contributed by atoms with E-state index in [-0.39, 0.29) is 17.3 Å².